The lowest BCUT2D eigenvalue weighted by Crippen LogP contribution is -2.60. The van der Waals surface area contributed by atoms with E-state index in [1.54, 1.807) is 0 Å². The van der Waals surface area contributed by atoms with E-state index in [2.05, 4.69) is 41.9 Å². The van der Waals surface area contributed by atoms with Crippen molar-refractivity contribution in [2.45, 2.75) is 105 Å². The number of urea groups is 1. The van der Waals surface area contributed by atoms with Gasteiger partial charge in [0.05, 0.1) is 12.1 Å². The van der Waals surface area contributed by atoms with Crippen molar-refractivity contribution in [2.24, 2.45) is 5.11 Å². The first-order valence-corrected chi connectivity index (χ1v) is 25.6. The summed E-state index contributed by atoms with van der Waals surface area (Å²) in [5.41, 5.74) is 9.62. The topological polar surface area (TPSA) is 343 Å². The first-order valence-electron chi connectivity index (χ1n) is 22.0. The van der Waals surface area contributed by atoms with E-state index < -0.39 is 66.2 Å². The van der Waals surface area contributed by atoms with Gasteiger partial charge in [-0.25, -0.2) is 9.59 Å². The number of aliphatic carboxylic acids is 1. The second-order valence-corrected chi connectivity index (χ2v) is 20.0. The van der Waals surface area contributed by atoms with Crippen LogP contribution in [0.4, 0.5) is 10.5 Å². The number of hydrogen-bond acceptors (Lipinski definition) is 16. The molecule has 3 saturated heterocycles. The maximum Gasteiger partial charge on any atom is 0.371 e. The summed E-state index contributed by atoms with van der Waals surface area (Å²) in [7, 11) is 2.77. The summed E-state index contributed by atoms with van der Waals surface area (Å²) in [4.78, 5) is 77.8. The fraction of sp³-hybridized carbons (Fsp3) is 0.535. The number of azide groups is 1. The molecule has 2 aromatic carbocycles. The number of fused-ring (bicyclic) bond motifs is 1. The molecule has 0 bridgehead atoms. The van der Waals surface area contributed by atoms with Crippen LogP contribution < -0.4 is 31.9 Å². The van der Waals surface area contributed by atoms with E-state index >= 15 is 0 Å². The van der Waals surface area contributed by atoms with Gasteiger partial charge in [0.15, 0.2) is 0 Å². The molecule has 0 spiro atoms. The number of rotatable bonds is 27. The number of carboxylic acids is 1. The molecule has 1 unspecified atom stereocenters. The highest BCUT2D eigenvalue weighted by molar-refractivity contribution is 8.76. The van der Waals surface area contributed by atoms with Gasteiger partial charge in [-0.3, -0.25) is 19.2 Å². The minimum absolute atomic E-state index is 0.0446. The number of phenolic OH excluding ortho intramolecular Hbond substituents is 1. The summed E-state index contributed by atoms with van der Waals surface area (Å²) < 4.78 is 10.9. The number of carbonyl (C=O) groups excluding carboxylic acids is 5. The summed E-state index contributed by atoms with van der Waals surface area (Å²) in [5, 5.41) is 71.4. The third kappa shape index (κ3) is 17.0. The Labute approximate surface area is 403 Å². The Balaban J connectivity index is 0.983. The van der Waals surface area contributed by atoms with E-state index in [1.165, 1.54) is 70.1 Å². The van der Waals surface area contributed by atoms with Crippen LogP contribution >= 0.6 is 33.3 Å². The molecule has 6 amide bonds. The van der Waals surface area contributed by atoms with Gasteiger partial charge in [0.2, 0.25) is 29.8 Å². The molecule has 0 aromatic heterocycles. The van der Waals surface area contributed by atoms with E-state index in [-0.39, 0.29) is 54.8 Å². The lowest BCUT2D eigenvalue weighted by molar-refractivity contribution is -0.285. The summed E-state index contributed by atoms with van der Waals surface area (Å²) in [6, 6.07) is 10.7. The SMILES string of the molecule is [N-]=[N+]=Nc1ccc(C(=O)NC(CCCCNC(=O)CCCC[C@@H]2SC[C@@H]3NC(=O)N[C@@H]32)C(=O)NCCSSCCC(=O)NC[C@H]2O[C@@H](O/C(=C\c3ccc(O)cc3)C(=O)O)[C@H](O)[C@@H](O)[C@H]2O)cc1. The Morgan fingerprint density at radius 2 is 1.63 bits per heavy atom. The molecule has 370 valence electrons. The number of benzene rings is 2. The van der Waals surface area contributed by atoms with Crippen LogP contribution in [0.2, 0.25) is 0 Å². The second kappa shape index (κ2) is 27.6. The molecule has 68 heavy (non-hydrogen) atoms. The number of hydrogen-bond donors (Lipinski definition) is 11. The van der Waals surface area contributed by atoms with Gasteiger partial charge >= 0.3 is 12.0 Å². The Morgan fingerprint density at radius 1 is 0.897 bits per heavy atom. The number of ether oxygens (including phenoxy) is 2. The predicted molar refractivity (Wildman–Crippen MR) is 254 cm³/mol. The number of nitrogens with zero attached hydrogens (tertiary/aromatic N) is 3. The number of amides is 6. The molecule has 0 aliphatic carbocycles. The summed E-state index contributed by atoms with van der Waals surface area (Å²) in [6.45, 7) is 0.359. The zero-order chi connectivity index (χ0) is 49.0. The molecule has 2 aromatic rings. The van der Waals surface area contributed by atoms with Gasteiger partial charge in [-0.2, -0.15) is 11.8 Å². The Kier molecular flexibility index (Phi) is 21.7. The van der Waals surface area contributed by atoms with Crippen molar-refractivity contribution >= 4 is 80.7 Å². The molecule has 3 fully saturated rings. The van der Waals surface area contributed by atoms with Crippen molar-refractivity contribution in [1.29, 1.82) is 0 Å². The number of nitrogens with one attached hydrogen (secondary N) is 6. The fourth-order valence-electron chi connectivity index (χ4n) is 7.38. The van der Waals surface area contributed by atoms with E-state index in [0.29, 0.717) is 60.2 Å². The number of aromatic hydroxyl groups is 1. The monoisotopic (exact) mass is 1000 g/mol. The number of thioether (sulfide) groups is 1. The van der Waals surface area contributed by atoms with Crippen LogP contribution in [-0.2, 0) is 28.7 Å². The van der Waals surface area contributed by atoms with E-state index in [4.69, 9.17) is 15.0 Å². The normalized spacial score (nSPS) is 23.5. The molecule has 0 radical (unpaired) electrons. The van der Waals surface area contributed by atoms with Crippen molar-refractivity contribution in [1.82, 2.24) is 31.9 Å². The summed E-state index contributed by atoms with van der Waals surface area (Å²) in [5.74, 6) is -1.87. The highest BCUT2D eigenvalue weighted by Crippen LogP contribution is 2.33. The van der Waals surface area contributed by atoms with Gasteiger partial charge in [-0.1, -0.05) is 57.4 Å². The number of aliphatic hydroxyl groups is 3. The van der Waals surface area contributed by atoms with Crippen LogP contribution in [-0.4, -0.2) is 152 Å². The maximum atomic E-state index is 13.3. The molecule has 3 aliphatic rings. The zero-order valence-electron chi connectivity index (χ0n) is 36.9. The van der Waals surface area contributed by atoms with E-state index in [9.17, 15) is 54.3 Å². The van der Waals surface area contributed by atoms with Crippen molar-refractivity contribution in [2.75, 3.05) is 36.9 Å². The average Bonchev–Trinajstić information content (AvgIpc) is 3.88. The first-order chi connectivity index (χ1) is 32.7. The van der Waals surface area contributed by atoms with Crippen molar-refractivity contribution in [3.63, 3.8) is 0 Å². The maximum absolute atomic E-state index is 13.3. The van der Waals surface area contributed by atoms with Gasteiger partial charge in [-0.15, -0.1) is 0 Å². The number of carboxylic acid groups (broad SMARTS) is 1. The molecule has 0 saturated carbocycles. The molecule has 3 heterocycles. The Hall–Kier alpha value is -5.40. The standard InChI is InChI=1S/C43H57N9O13S3/c44-52-51-26-12-10-25(11-13-26)39(59)48-28(5-3-4-17-45-33(54)7-2-1-6-32-35-29(23-66-32)49-43(63)50-35)40(60)46-18-20-68-67-19-16-34(55)47-22-31-36(56)37(57)38(58)42(65-31)64-30(41(61)62)21-24-8-14-27(53)15-9-24/h8-15,21,28-29,31-32,35-38,42,53,56-58H,1-7,16-20,22-23H2,(H,45,54)(H,46,60)(H,47,55)(H,48,59)(H,61,62)(H2,49,50,63)/b30-21-/t28?,29-,31+,32-,35-,36-,37-,38+,42+/m0/s1. The lowest BCUT2D eigenvalue weighted by Gasteiger charge is -2.40. The molecule has 5 rings (SSSR count). The molecule has 22 nitrogen and oxygen atoms in total. The third-order valence-electron chi connectivity index (χ3n) is 11.0. The van der Waals surface area contributed by atoms with E-state index in [0.717, 1.165) is 31.1 Å². The highest BCUT2D eigenvalue weighted by Gasteiger charge is 2.46. The number of phenols is 1. The molecule has 3 aliphatic heterocycles. The van der Waals surface area contributed by atoms with Crippen LogP contribution in [0.3, 0.4) is 0 Å². The van der Waals surface area contributed by atoms with Gasteiger partial charge in [0.25, 0.3) is 5.91 Å². The zero-order valence-corrected chi connectivity index (χ0v) is 39.3. The van der Waals surface area contributed by atoms with Crippen LogP contribution in [0, 0.1) is 0 Å². The van der Waals surface area contributed by atoms with Gasteiger partial charge < -0.3 is 66.9 Å². The number of aliphatic hydroxyl groups excluding tert-OH is 3. The van der Waals surface area contributed by atoms with Crippen LogP contribution in [0.5, 0.6) is 5.75 Å². The van der Waals surface area contributed by atoms with Crippen LogP contribution in [0.25, 0.3) is 16.5 Å². The summed E-state index contributed by atoms with van der Waals surface area (Å²) in [6.07, 6.45) is -2.77. The van der Waals surface area contributed by atoms with Gasteiger partial charge in [0, 0.05) is 71.1 Å². The van der Waals surface area contributed by atoms with Crippen LogP contribution in [0.15, 0.2) is 59.4 Å². The predicted octanol–water partition coefficient (Wildman–Crippen LogP) is 2.40. The van der Waals surface area contributed by atoms with Crippen molar-refractivity contribution in [3.8, 4) is 5.75 Å². The van der Waals surface area contributed by atoms with Crippen LogP contribution in [0.1, 0.15) is 67.3 Å². The molecule has 9 atom stereocenters. The summed E-state index contributed by atoms with van der Waals surface area (Å²) >= 11 is 1.84. The number of carbonyl (C=O) groups is 6. The first kappa shape index (κ1) is 53.6. The Morgan fingerprint density at radius 3 is 2.37 bits per heavy atom. The quantitative estimate of drug-likeness (QED) is 0.00895. The van der Waals surface area contributed by atoms with Gasteiger partial charge in [0.1, 0.15) is 36.2 Å². The van der Waals surface area contributed by atoms with Crippen molar-refractivity contribution in [3.05, 3.63) is 75.9 Å². The van der Waals surface area contributed by atoms with Crippen molar-refractivity contribution < 1.29 is 63.8 Å². The Bertz CT molecular complexity index is 2120. The minimum atomic E-state index is -1.83. The second-order valence-electron chi connectivity index (χ2n) is 16.0. The molecular formula is C43H57N9O13S3. The number of unbranched alkanes of at least 4 members (excludes halogenated alkanes) is 2. The molecular weight excluding hydrogens is 947 g/mol. The largest absolute Gasteiger partial charge is 0.508 e. The van der Waals surface area contributed by atoms with Gasteiger partial charge in [-0.05, 0) is 73.5 Å². The molecule has 11 N–H and O–H groups in total. The third-order valence-corrected chi connectivity index (χ3v) is 14.9. The average molecular weight is 1000 g/mol. The minimum Gasteiger partial charge on any atom is -0.508 e. The molecule has 25 heteroatoms. The highest BCUT2D eigenvalue weighted by atomic mass is 33.1. The fourth-order valence-corrected chi connectivity index (χ4v) is 10.8. The smallest absolute Gasteiger partial charge is 0.371 e. The lowest BCUT2D eigenvalue weighted by atomic mass is 9.98. The van der Waals surface area contributed by atoms with E-state index in [1.807, 2.05) is 11.8 Å².